The molecule has 112 valence electrons. The van der Waals surface area contributed by atoms with Crippen LogP contribution >= 0.6 is 0 Å². The van der Waals surface area contributed by atoms with E-state index in [1.807, 2.05) is 0 Å². The van der Waals surface area contributed by atoms with Gasteiger partial charge >= 0.3 is 5.97 Å². The van der Waals surface area contributed by atoms with Crippen LogP contribution in [-0.2, 0) is 0 Å². The van der Waals surface area contributed by atoms with Gasteiger partial charge in [-0.25, -0.2) is 4.79 Å². The van der Waals surface area contributed by atoms with Gasteiger partial charge < -0.3 is 19.9 Å². The van der Waals surface area contributed by atoms with Crippen LogP contribution in [0.3, 0.4) is 0 Å². The van der Waals surface area contributed by atoms with Crippen molar-refractivity contribution in [3.8, 4) is 11.5 Å². The summed E-state index contributed by atoms with van der Waals surface area (Å²) in [5.74, 6) is 0.637. The number of benzene rings is 1. The summed E-state index contributed by atoms with van der Waals surface area (Å²) in [4.78, 5) is 11.2. The molecule has 0 spiro atoms. The first kappa shape index (κ1) is 16.1. The van der Waals surface area contributed by atoms with Crippen LogP contribution in [0.2, 0.25) is 0 Å². The standard InChI is InChI=1S/C15H23NO4/c1-10(2)6-5-7-20-14-9-12(16-3)11(15(17)18)8-13(14)19-4/h8-10,16H,5-7H2,1-4H3,(H,17,18). The molecule has 1 aromatic carbocycles. The Bertz CT molecular complexity index is 457. The first-order valence-electron chi connectivity index (χ1n) is 6.75. The number of carboxylic acid groups (broad SMARTS) is 1. The van der Waals surface area contributed by atoms with Crippen LogP contribution in [0.5, 0.6) is 11.5 Å². The molecule has 0 aliphatic heterocycles. The van der Waals surface area contributed by atoms with Crippen LogP contribution in [-0.4, -0.2) is 31.8 Å². The first-order valence-corrected chi connectivity index (χ1v) is 6.75. The van der Waals surface area contributed by atoms with Crippen molar-refractivity contribution < 1.29 is 19.4 Å². The maximum Gasteiger partial charge on any atom is 0.337 e. The average molecular weight is 281 g/mol. The highest BCUT2D eigenvalue weighted by molar-refractivity contribution is 5.95. The van der Waals surface area contributed by atoms with E-state index in [1.54, 1.807) is 13.1 Å². The maximum absolute atomic E-state index is 11.2. The summed E-state index contributed by atoms with van der Waals surface area (Å²) in [5, 5.41) is 12.0. The minimum atomic E-state index is -1.00. The van der Waals surface area contributed by atoms with E-state index in [2.05, 4.69) is 19.2 Å². The van der Waals surface area contributed by atoms with E-state index < -0.39 is 5.97 Å². The molecule has 0 aromatic heterocycles. The van der Waals surface area contributed by atoms with E-state index in [-0.39, 0.29) is 5.56 Å². The predicted octanol–water partition coefficient (Wildman–Crippen LogP) is 3.25. The molecule has 0 fully saturated rings. The van der Waals surface area contributed by atoms with Gasteiger partial charge in [-0.1, -0.05) is 13.8 Å². The van der Waals surface area contributed by atoms with Gasteiger partial charge in [-0.3, -0.25) is 0 Å². The van der Waals surface area contributed by atoms with Gasteiger partial charge in [0, 0.05) is 19.2 Å². The fraction of sp³-hybridized carbons (Fsp3) is 0.533. The Kier molecular flexibility index (Phi) is 6.15. The van der Waals surface area contributed by atoms with Crippen molar-refractivity contribution in [1.29, 1.82) is 0 Å². The maximum atomic E-state index is 11.2. The monoisotopic (exact) mass is 281 g/mol. The van der Waals surface area contributed by atoms with Crippen LogP contribution in [0, 0.1) is 5.92 Å². The molecule has 0 heterocycles. The number of aromatic carboxylic acids is 1. The molecule has 0 aliphatic carbocycles. The molecule has 5 heteroatoms. The smallest absolute Gasteiger partial charge is 0.337 e. The summed E-state index contributed by atoms with van der Waals surface area (Å²) < 4.78 is 10.9. The van der Waals surface area contributed by atoms with Crippen LogP contribution < -0.4 is 14.8 Å². The summed E-state index contributed by atoms with van der Waals surface area (Å²) in [7, 11) is 3.18. The number of ether oxygens (including phenoxy) is 2. The SMILES string of the molecule is CNc1cc(OCCCC(C)C)c(OC)cc1C(=O)O. The second-order valence-corrected chi connectivity index (χ2v) is 4.99. The van der Waals surface area contributed by atoms with Crippen molar-refractivity contribution in [1.82, 2.24) is 0 Å². The number of hydrogen-bond acceptors (Lipinski definition) is 4. The molecule has 0 atom stereocenters. The van der Waals surface area contributed by atoms with Crippen molar-refractivity contribution >= 4 is 11.7 Å². The fourth-order valence-corrected chi connectivity index (χ4v) is 1.89. The highest BCUT2D eigenvalue weighted by Crippen LogP contribution is 2.33. The van der Waals surface area contributed by atoms with Gasteiger partial charge in [0.05, 0.1) is 25.0 Å². The molecule has 1 rings (SSSR count). The van der Waals surface area contributed by atoms with Gasteiger partial charge in [-0.15, -0.1) is 0 Å². The lowest BCUT2D eigenvalue weighted by molar-refractivity contribution is 0.0697. The summed E-state index contributed by atoms with van der Waals surface area (Å²) in [6.07, 6.45) is 2.05. The molecule has 0 bridgehead atoms. The third kappa shape index (κ3) is 4.33. The zero-order valence-corrected chi connectivity index (χ0v) is 12.5. The highest BCUT2D eigenvalue weighted by Gasteiger charge is 2.15. The third-order valence-electron chi connectivity index (χ3n) is 2.99. The number of carbonyl (C=O) groups is 1. The number of anilines is 1. The molecule has 0 saturated carbocycles. The predicted molar refractivity (Wildman–Crippen MR) is 79.1 cm³/mol. The Morgan fingerprint density at radius 1 is 1.35 bits per heavy atom. The Morgan fingerprint density at radius 3 is 2.55 bits per heavy atom. The third-order valence-corrected chi connectivity index (χ3v) is 2.99. The van der Waals surface area contributed by atoms with E-state index in [0.717, 1.165) is 12.8 Å². The Morgan fingerprint density at radius 2 is 2.05 bits per heavy atom. The van der Waals surface area contributed by atoms with Gasteiger partial charge in [0.1, 0.15) is 0 Å². The van der Waals surface area contributed by atoms with Gasteiger partial charge in [0.15, 0.2) is 11.5 Å². The number of methoxy groups -OCH3 is 1. The number of carboxylic acids is 1. The van der Waals surface area contributed by atoms with E-state index in [9.17, 15) is 4.79 Å². The van der Waals surface area contributed by atoms with E-state index >= 15 is 0 Å². The molecule has 2 N–H and O–H groups in total. The topological polar surface area (TPSA) is 67.8 Å². The van der Waals surface area contributed by atoms with Gasteiger partial charge in [-0.2, -0.15) is 0 Å². The largest absolute Gasteiger partial charge is 0.493 e. The Labute approximate surface area is 119 Å². The lowest BCUT2D eigenvalue weighted by Crippen LogP contribution is -2.06. The number of rotatable bonds is 8. The summed E-state index contributed by atoms with van der Waals surface area (Å²) >= 11 is 0. The molecule has 0 unspecified atom stereocenters. The summed E-state index contributed by atoms with van der Waals surface area (Å²) in [6, 6.07) is 3.14. The Balaban J connectivity index is 2.86. The lowest BCUT2D eigenvalue weighted by atomic mass is 10.1. The quantitative estimate of drug-likeness (QED) is 0.716. The van der Waals surface area contributed by atoms with E-state index in [4.69, 9.17) is 14.6 Å². The van der Waals surface area contributed by atoms with Crippen LogP contribution in [0.25, 0.3) is 0 Å². The zero-order chi connectivity index (χ0) is 15.1. The second-order valence-electron chi connectivity index (χ2n) is 4.99. The minimum Gasteiger partial charge on any atom is -0.493 e. The molecule has 0 saturated heterocycles. The normalized spacial score (nSPS) is 10.4. The molecule has 0 amide bonds. The molecule has 0 aliphatic rings. The van der Waals surface area contributed by atoms with Crippen molar-refractivity contribution in [2.75, 3.05) is 26.1 Å². The minimum absolute atomic E-state index is 0.166. The molecule has 5 nitrogen and oxygen atoms in total. The summed E-state index contributed by atoms with van der Waals surface area (Å²) in [5.41, 5.74) is 0.677. The van der Waals surface area contributed by atoms with Crippen molar-refractivity contribution in [2.24, 2.45) is 5.92 Å². The van der Waals surface area contributed by atoms with Crippen LogP contribution in [0.1, 0.15) is 37.0 Å². The molecule has 20 heavy (non-hydrogen) atoms. The molecular formula is C15H23NO4. The lowest BCUT2D eigenvalue weighted by Gasteiger charge is -2.14. The van der Waals surface area contributed by atoms with Crippen molar-refractivity contribution in [3.05, 3.63) is 17.7 Å². The van der Waals surface area contributed by atoms with E-state index in [0.29, 0.717) is 29.7 Å². The van der Waals surface area contributed by atoms with Gasteiger partial charge in [0.25, 0.3) is 0 Å². The van der Waals surface area contributed by atoms with E-state index in [1.165, 1.54) is 13.2 Å². The molecule has 1 aromatic rings. The van der Waals surface area contributed by atoms with Crippen LogP contribution in [0.15, 0.2) is 12.1 Å². The van der Waals surface area contributed by atoms with Crippen molar-refractivity contribution in [3.63, 3.8) is 0 Å². The second kappa shape index (κ2) is 7.62. The molecule has 0 radical (unpaired) electrons. The first-order chi connectivity index (χ1) is 9.49. The summed E-state index contributed by atoms with van der Waals surface area (Å²) in [6.45, 7) is 4.92. The molecular weight excluding hydrogens is 258 g/mol. The highest BCUT2D eigenvalue weighted by atomic mass is 16.5. The average Bonchev–Trinajstić information content (AvgIpc) is 2.42. The fourth-order valence-electron chi connectivity index (χ4n) is 1.89. The number of hydrogen-bond donors (Lipinski definition) is 2. The number of nitrogens with one attached hydrogen (secondary N) is 1. The van der Waals surface area contributed by atoms with Gasteiger partial charge in [-0.05, 0) is 18.8 Å². The van der Waals surface area contributed by atoms with Crippen molar-refractivity contribution in [2.45, 2.75) is 26.7 Å². The van der Waals surface area contributed by atoms with Gasteiger partial charge in [0.2, 0.25) is 0 Å². The Hall–Kier alpha value is -1.91. The zero-order valence-electron chi connectivity index (χ0n) is 12.5. The van der Waals surface area contributed by atoms with Crippen LogP contribution in [0.4, 0.5) is 5.69 Å².